The highest BCUT2D eigenvalue weighted by Crippen LogP contribution is 2.08. The van der Waals surface area contributed by atoms with Gasteiger partial charge in [0.15, 0.2) is 0 Å². The summed E-state index contributed by atoms with van der Waals surface area (Å²) >= 11 is 0. The molecular formula is C14H18N4. The lowest BCUT2D eigenvalue weighted by Gasteiger charge is -2.07. The van der Waals surface area contributed by atoms with E-state index >= 15 is 0 Å². The molecule has 0 atom stereocenters. The maximum absolute atomic E-state index is 5.49. The van der Waals surface area contributed by atoms with Crippen LogP contribution < -0.4 is 11.1 Å². The van der Waals surface area contributed by atoms with Gasteiger partial charge in [-0.1, -0.05) is 29.8 Å². The van der Waals surface area contributed by atoms with Crippen LogP contribution in [0.1, 0.15) is 17.0 Å². The molecule has 0 radical (unpaired) electrons. The van der Waals surface area contributed by atoms with Gasteiger partial charge in [0.2, 0.25) is 0 Å². The van der Waals surface area contributed by atoms with E-state index in [0.29, 0.717) is 13.0 Å². The summed E-state index contributed by atoms with van der Waals surface area (Å²) in [5, 5.41) is 3.30. The van der Waals surface area contributed by atoms with Crippen molar-refractivity contribution in [1.29, 1.82) is 0 Å². The van der Waals surface area contributed by atoms with Crippen LogP contribution in [0.5, 0.6) is 0 Å². The zero-order valence-electron chi connectivity index (χ0n) is 10.6. The number of hydrogen-bond acceptors (Lipinski definition) is 4. The van der Waals surface area contributed by atoms with Gasteiger partial charge in [0.25, 0.3) is 0 Å². The first-order valence-electron chi connectivity index (χ1n) is 6.09. The minimum atomic E-state index is 0.571. The van der Waals surface area contributed by atoms with Crippen LogP contribution in [0.4, 0.5) is 5.82 Å². The third-order valence-corrected chi connectivity index (χ3v) is 2.63. The number of nitrogens with zero attached hydrogens (tertiary/aromatic N) is 2. The first kappa shape index (κ1) is 12.5. The number of anilines is 1. The molecule has 0 aliphatic carbocycles. The molecule has 18 heavy (non-hydrogen) atoms. The average molecular weight is 242 g/mol. The summed E-state index contributed by atoms with van der Waals surface area (Å²) in [6.45, 7) is 3.43. The Balaban J connectivity index is 1.99. The fourth-order valence-electron chi connectivity index (χ4n) is 1.76. The van der Waals surface area contributed by atoms with E-state index in [2.05, 4.69) is 46.5 Å². The molecule has 1 aromatic carbocycles. The summed E-state index contributed by atoms with van der Waals surface area (Å²) < 4.78 is 0. The zero-order valence-corrected chi connectivity index (χ0v) is 10.6. The molecule has 0 bridgehead atoms. The van der Waals surface area contributed by atoms with Crippen molar-refractivity contribution in [3.63, 3.8) is 0 Å². The van der Waals surface area contributed by atoms with Gasteiger partial charge < -0.3 is 11.1 Å². The molecule has 1 heterocycles. The molecule has 2 rings (SSSR count). The molecule has 94 valence electrons. The summed E-state index contributed by atoms with van der Waals surface area (Å²) in [5.41, 5.74) is 8.00. The van der Waals surface area contributed by atoms with Gasteiger partial charge >= 0.3 is 0 Å². The lowest BCUT2D eigenvalue weighted by atomic mass is 10.1. The Labute approximate surface area is 107 Å². The maximum Gasteiger partial charge on any atom is 0.131 e. The minimum Gasteiger partial charge on any atom is -0.366 e. The smallest absolute Gasteiger partial charge is 0.131 e. The first-order valence-corrected chi connectivity index (χ1v) is 6.09. The summed E-state index contributed by atoms with van der Waals surface area (Å²) in [4.78, 5) is 8.56. The molecule has 4 heteroatoms. The zero-order chi connectivity index (χ0) is 12.8. The van der Waals surface area contributed by atoms with Crippen LogP contribution in [0.25, 0.3) is 0 Å². The van der Waals surface area contributed by atoms with Crippen molar-refractivity contribution in [3.8, 4) is 0 Å². The highest BCUT2D eigenvalue weighted by molar-refractivity contribution is 5.35. The molecule has 0 saturated heterocycles. The van der Waals surface area contributed by atoms with Crippen LogP contribution in [0.15, 0.2) is 36.5 Å². The van der Waals surface area contributed by atoms with Gasteiger partial charge in [0, 0.05) is 19.2 Å². The second-order valence-corrected chi connectivity index (χ2v) is 4.24. The monoisotopic (exact) mass is 242 g/mol. The second-order valence-electron chi connectivity index (χ2n) is 4.24. The number of benzene rings is 1. The predicted octanol–water partition coefficient (Wildman–Crippen LogP) is 1.90. The number of nitrogens with two attached hydrogens (primary N) is 1. The van der Waals surface area contributed by atoms with Gasteiger partial charge in [0.05, 0.1) is 0 Å². The fourth-order valence-corrected chi connectivity index (χ4v) is 1.76. The van der Waals surface area contributed by atoms with Gasteiger partial charge in [-0.15, -0.1) is 0 Å². The van der Waals surface area contributed by atoms with Gasteiger partial charge in [-0.25, -0.2) is 9.97 Å². The van der Waals surface area contributed by atoms with E-state index in [9.17, 15) is 0 Å². The lowest BCUT2D eigenvalue weighted by Crippen LogP contribution is -2.08. The van der Waals surface area contributed by atoms with E-state index < -0.39 is 0 Å². The van der Waals surface area contributed by atoms with Crippen LogP contribution in [0.3, 0.4) is 0 Å². The van der Waals surface area contributed by atoms with Crippen molar-refractivity contribution in [2.24, 2.45) is 5.73 Å². The van der Waals surface area contributed by atoms with Crippen molar-refractivity contribution in [1.82, 2.24) is 9.97 Å². The van der Waals surface area contributed by atoms with E-state index in [4.69, 9.17) is 5.73 Å². The quantitative estimate of drug-likeness (QED) is 0.840. The summed E-state index contributed by atoms with van der Waals surface area (Å²) in [5.74, 6) is 1.63. The minimum absolute atomic E-state index is 0.571. The molecule has 2 aromatic rings. The van der Waals surface area contributed by atoms with Crippen molar-refractivity contribution in [2.45, 2.75) is 19.9 Å². The van der Waals surface area contributed by atoms with Crippen molar-refractivity contribution >= 4 is 5.82 Å². The summed E-state index contributed by atoms with van der Waals surface area (Å²) in [7, 11) is 0. The standard InChI is InChI=1S/C14H18N4/c1-11-3-2-4-12(9-11)10-17-14-6-8-16-13(18-14)5-7-15/h2-4,6,8-9H,5,7,10,15H2,1H3,(H,16,17,18). The molecular weight excluding hydrogens is 224 g/mol. The Bertz CT molecular complexity index is 511. The Morgan fingerprint density at radius 1 is 1.28 bits per heavy atom. The van der Waals surface area contributed by atoms with Gasteiger partial charge in [-0.2, -0.15) is 0 Å². The maximum atomic E-state index is 5.49. The van der Waals surface area contributed by atoms with E-state index in [1.807, 2.05) is 6.07 Å². The molecule has 0 spiro atoms. The van der Waals surface area contributed by atoms with Gasteiger partial charge in [0.1, 0.15) is 11.6 Å². The number of rotatable bonds is 5. The van der Waals surface area contributed by atoms with Crippen LogP contribution in [-0.4, -0.2) is 16.5 Å². The van der Waals surface area contributed by atoms with Gasteiger partial charge in [-0.05, 0) is 25.1 Å². The average Bonchev–Trinajstić information content (AvgIpc) is 2.37. The lowest BCUT2D eigenvalue weighted by molar-refractivity contribution is 0.865. The van der Waals surface area contributed by atoms with Crippen molar-refractivity contribution < 1.29 is 0 Å². The highest BCUT2D eigenvalue weighted by Gasteiger charge is 1.99. The molecule has 0 saturated carbocycles. The SMILES string of the molecule is Cc1cccc(CNc2ccnc(CCN)n2)c1. The molecule has 3 N–H and O–H groups in total. The van der Waals surface area contributed by atoms with Crippen LogP contribution >= 0.6 is 0 Å². The van der Waals surface area contributed by atoms with Crippen molar-refractivity contribution in [3.05, 3.63) is 53.5 Å². The Morgan fingerprint density at radius 2 is 2.17 bits per heavy atom. The highest BCUT2D eigenvalue weighted by atomic mass is 15.0. The molecule has 1 aromatic heterocycles. The molecule has 0 amide bonds. The normalized spacial score (nSPS) is 10.3. The third-order valence-electron chi connectivity index (χ3n) is 2.63. The summed E-state index contributed by atoms with van der Waals surface area (Å²) in [6.07, 6.45) is 2.47. The van der Waals surface area contributed by atoms with E-state index in [-0.39, 0.29) is 0 Å². The molecule has 4 nitrogen and oxygen atoms in total. The van der Waals surface area contributed by atoms with Crippen molar-refractivity contribution in [2.75, 3.05) is 11.9 Å². The molecule has 0 fully saturated rings. The Hall–Kier alpha value is -1.94. The second kappa shape index (κ2) is 6.12. The largest absolute Gasteiger partial charge is 0.366 e. The first-order chi connectivity index (χ1) is 8.78. The number of hydrogen-bond donors (Lipinski definition) is 2. The molecule has 0 unspecified atom stereocenters. The van der Waals surface area contributed by atoms with E-state index in [0.717, 1.165) is 18.2 Å². The summed E-state index contributed by atoms with van der Waals surface area (Å²) in [6, 6.07) is 10.3. The number of nitrogens with one attached hydrogen (secondary N) is 1. The van der Waals surface area contributed by atoms with Crippen LogP contribution in [0, 0.1) is 6.92 Å². The van der Waals surface area contributed by atoms with Crippen LogP contribution in [-0.2, 0) is 13.0 Å². The van der Waals surface area contributed by atoms with Crippen LogP contribution in [0.2, 0.25) is 0 Å². The number of aryl methyl sites for hydroxylation is 1. The Kier molecular flexibility index (Phi) is 4.25. The predicted molar refractivity (Wildman–Crippen MR) is 73.3 cm³/mol. The number of aromatic nitrogens is 2. The third kappa shape index (κ3) is 3.53. The van der Waals surface area contributed by atoms with Gasteiger partial charge in [-0.3, -0.25) is 0 Å². The van der Waals surface area contributed by atoms with E-state index in [1.54, 1.807) is 6.20 Å². The fraction of sp³-hybridized carbons (Fsp3) is 0.286. The molecule has 0 aliphatic rings. The molecule has 0 aliphatic heterocycles. The van der Waals surface area contributed by atoms with E-state index in [1.165, 1.54) is 11.1 Å². The topological polar surface area (TPSA) is 63.8 Å². The Morgan fingerprint density at radius 3 is 2.94 bits per heavy atom.